The Balaban J connectivity index is 1.72. The minimum Gasteiger partial charge on any atom is -0.333 e. The Morgan fingerprint density at radius 3 is 2.54 bits per heavy atom. The molecule has 136 valence electrons. The SMILES string of the molecule is Cc1ccc2nc(S[C@@H](C)C(=O)c3ccc(NS(C)(=O)=O)cc3)[nH]c2c1. The van der Waals surface area contributed by atoms with E-state index in [0.717, 1.165) is 22.9 Å². The number of imidazole rings is 1. The number of thioether (sulfide) groups is 1. The zero-order valence-corrected chi connectivity index (χ0v) is 16.2. The van der Waals surface area contributed by atoms with Crippen LogP contribution in [0.5, 0.6) is 0 Å². The van der Waals surface area contributed by atoms with E-state index in [1.165, 1.54) is 11.8 Å². The maximum absolute atomic E-state index is 12.6. The summed E-state index contributed by atoms with van der Waals surface area (Å²) in [5.41, 5.74) is 3.91. The second-order valence-corrected chi connectivity index (χ2v) is 9.22. The molecule has 1 heterocycles. The van der Waals surface area contributed by atoms with Crippen LogP contribution in [0.25, 0.3) is 11.0 Å². The number of benzene rings is 2. The van der Waals surface area contributed by atoms with Crippen LogP contribution in [0.3, 0.4) is 0 Å². The number of nitrogens with one attached hydrogen (secondary N) is 2. The van der Waals surface area contributed by atoms with Crippen LogP contribution in [0, 0.1) is 6.92 Å². The van der Waals surface area contributed by atoms with Gasteiger partial charge in [0.1, 0.15) is 0 Å². The van der Waals surface area contributed by atoms with Gasteiger partial charge in [0.25, 0.3) is 0 Å². The van der Waals surface area contributed by atoms with E-state index >= 15 is 0 Å². The molecule has 0 unspecified atom stereocenters. The number of anilines is 1. The van der Waals surface area contributed by atoms with Gasteiger partial charge in [-0.25, -0.2) is 13.4 Å². The van der Waals surface area contributed by atoms with Crippen molar-refractivity contribution < 1.29 is 13.2 Å². The molecule has 0 saturated heterocycles. The van der Waals surface area contributed by atoms with Crippen LogP contribution in [0.2, 0.25) is 0 Å². The number of rotatable bonds is 6. The number of hydrogen-bond acceptors (Lipinski definition) is 5. The average Bonchev–Trinajstić information content (AvgIpc) is 2.94. The van der Waals surface area contributed by atoms with E-state index in [4.69, 9.17) is 0 Å². The monoisotopic (exact) mass is 389 g/mol. The Hall–Kier alpha value is -2.32. The van der Waals surface area contributed by atoms with Crippen LogP contribution in [0.4, 0.5) is 5.69 Å². The quantitative estimate of drug-likeness (QED) is 0.496. The summed E-state index contributed by atoms with van der Waals surface area (Å²) in [7, 11) is -3.33. The molecule has 2 aromatic carbocycles. The minimum atomic E-state index is -3.33. The molecule has 0 aliphatic heterocycles. The van der Waals surface area contributed by atoms with E-state index in [1.807, 2.05) is 32.0 Å². The minimum absolute atomic E-state index is 0.0439. The first kappa shape index (κ1) is 18.5. The number of Topliss-reactive ketones (excluding diaryl/α,β-unsaturated/α-hetero) is 1. The molecule has 8 heteroatoms. The molecule has 0 spiro atoms. The number of aryl methyl sites for hydroxylation is 1. The lowest BCUT2D eigenvalue weighted by Gasteiger charge is -2.09. The van der Waals surface area contributed by atoms with Gasteiger partial charge in [-0.3, -0.25) is 9.52 Å². The number of aromatic nitrogens is 2. The highest BCUT2D eigenvalue weighted by Gasteiger charge is 2.18. The van der Waals surface area contributed by atoms with E-state index in [9.17, 15) is 13.2 Å². The average molecular weight is 390 g/mol. The lowest BCUT2D eigenvalue weighted by Crippen LogP contribution is -2.14. The first-order valence-corrected chi connectivity index (χ1v) is 10.7. The number of ketones is 1. The molecule has 0 aliphatic carbocycles. The Bertz CT molecular complexity index is 1060. The second-order valence-electron chi connectivity index (χ2n) is 6.14. The zero-order chi connectivity index (χ0) is 18.9. The predicted molar refractivity (Wildman–Crippen MR) is 105 cm³/mol. The summed E-state index contributed by atoms with van der Waals surface area (Å²) in [5, 5.41) is 0.368. The molecule has 0 amide bonds. The molecule has 0 radical (unpaired) electrons. The second kappa shape index (κ2) is 7.13. The maximum atomic E-state index is 12.6. The van der Waals surface area contributed by atoms with Crippen molar-refractivity contribution >= 4 is 44.3 Å². The molecule has 0 saturated carbocycles. The van der Waals surface area contributed by atoms with E-state index in [0.29, 0.717) is 16.4 Å². The number of aromatic amines is 1. The summed E-state index contributed by atoms with van der Waals surface area (Å²) in [6.45, 7) is 3.84. The van der Waals surface area contributed by atoms with Gasteiger partial charge in [-0.15, -0.1) is 0 Å². The number of fused-ring (bicyclic) bond motifs is 1. The first-order valence-electron chi connectivity index (χ1n) is 7.96. The number of H-pyrrole nitrogens is 1. The van der Waals surface area contributed by atoms with Gasteiger partial charge in [-0.1, -0.05) is 17.8 Å². The van der Waals surface area contributed by atoms with Crippen LogP contribution in [0.15, 0.2) is 47.6 Å². The van der Waals surface area contributed by atoms with Crippen molar-refractivity contribution in [1.29, 1.82) is 0 Å². The predicted octanol–water partition coefficient (Wildman–Crippen LogP) is 3.61. The van der Waals surface area contributed by atoms with Crippen molar-refractivity contribution in [2.75, 3.05) is 11.0 Å². The molecule has 3 aromatic rings. The van der Waals surface area contributed by atoms with E-state index in [2.05, 4.69) is 14.7 Å². The zero-order valence-electron chi connectivity index (χ0n) is 14.6. The molecular weight excluding hydrogens is 370 g/mol. The fourth-order valence-corrected chi connectivity index (χ4v) is 3.99. The fraction of sp³-hybridized carbons (Fsp3) is 0.222. The molecular formula is C18H19N3O3S2. The maximum Gasteiger partial charge on any atom is 0.229 e. The highest BCUT2D eigenvalue weighted by atomic mass is 32.2. The van der Waals surface area contributed by atoms with Gasteiger partial charge in [0.2, 0.25) is 10.0 Å². The van der Waals surface area contributed by atoms with E-state index in [1.54, 1.807) is 24.3 Å². The van der Waals surface area contributed by atoms with Crippen molar-refractivity contribution in [3.8, 4) is 0 Å². The smallest absolute Gasteiger partial charge is 0.229 e. The molecule has 6 nitrogen and oxygen atoms in total. The third-order valence-corrected chi connectivity index (χ3v) is 5.34. The summed E-state index contributed by atoms with van der Waals surface area (Å²) >= 11 is 1.36. The van der Waals surface area contributed by atoms with Gasteiger partial charge in [-0.2, -0.15) is 0 Å². The topological polar surface area (TPSA) is 91.9 Å². The standard InChI is InChI=1S/C18H19N3O3S2/c1-11-4-9-15-16(10-11)20-18(19-15)25-12(2)17(22)13-5-7-14(8-6-13)21-26(3,23)24/h4-10,12,21H,1-3H3,(H,19,20)/t12-/m0/s1. The van der Waals surface area contributed by atoms with Gasteiger partial charge >= 0.3 is 0 Å². The third-order valence-electron chi connectivity index (χ3n) is 3.75. The van der Waals surface area contributed by atoms with Gasteiger partial charge in [0.15, 0.2) is 10.9 Å². The van der Waals surface area contributed by atoms with Crippen molar-refractivity contribution in [3.05, 3.63) is 53.6 Å². The van der Waals surface area contributed by atoms with Crippen LogP contribution < -0.4 is 4.72 Å². The Morgan fingerprint density at radius 2 is 1.88 bits per heavy atom. The Kier molecular flexibility index (Phi) is 5.06. The number of carbonyl (C=O) groups is 1. The summed E-state index contributed by atoms with van der Waals surface area (Å²) in [4.78, 5) is 20.3. The Morgan fingerprint density at radius 1 is 1.19 bits per heavy atom. The van der Waals surface area contributed by atoms with E-state index in [-0.39, 0.29) is 11.0 Å². The summed E-state index contributed by atoms with van der Waals surface area (Å²) in [6, 6.07) is 12.4. The van der Waals surface area contributed by atoms with Crippen molar-refractivity contribution in [3.63, 3.8) is 0 Å². The molecule has 0 fully saturated rings. The van der Waals surface area contributed by atoms with Crippen LogP contribution in [-0.2, 0) is 10.0 Å². The summed E-state index contributed by atoms with van der Waals surface area (Å²) in [6.07, 6.45) is 1.08. The molecule has 0 bridgehead atoms. The van der Waals surface area contributed by atoms with Crippen molar-refractivity contribution in [2.45, 2.75) is 24.3 Å². The van der Waals surface area contributed by atoms with E-state index < -0.39 is 10.0 Å². The van der Waals surface area contributed by atoms with Crippen LogP contribution in [-0.4, -0.2) is 35.7 Å². The largest absolute Gasteiger partial charge is 0.333 e. The number of carbonyl (C=O) groups excluding carboxylic acids is 1. The third kappa shape index (κ3) is 4.44. The van der Waals surface area contributed by atoms with Gasteiger partial charge < -0.3 is 4.98 Å². The summed E-state index contributed by atoms with van der Waals surface area (Å²) in [5.74, 6) is -0.0439. The van der Waals surface area contributed by atoms with Gasteiger partial charge in [-0.05, 0) is 55.8 Å². The van der Waals surface area contributed by atoms with Crippen LogP contribution in [0.1, 0.15) is 22.8 Å². The molecule has 1 atom stereocenters. The number of hydrogen-bond donors (Lipinski definition) is 2. The van der Waals surface area contributed by atoms with Crippen LogP contribution >= 0.6 is 11.8 Å². The lowest BCUT2D eigenvalue weighted by atomic mass is 10.1. The van der Waals surface area contributed by atoms with Crippen molar-refractivity contribution in [2.24, 2.45) is 0 Å². The molecule has 2 N–H and O–H groups in total. The Labute approximate surface area is 156 Å². The van der Waals surface area contributed by atoms with Gasteiger partial charge in [0, 0.05) is 11.3 Å². The lowest BCUT2D eigenvalue weighted by molar-refractivity contribution is 0.0994. The number of sulfonamides is 1. The molecule has 26 heavy (non-hydrogen) atoms. The van der Waals surface area contributed by atoms with Gasteiger partial charge in [0.05, 0.1) is 22.5 Å². The molecule has 0 aliphatic rings. The number of nitrogens with zero attached hydrogens (tertiary/aromatic N) is 1. The normalized spacial score (nSPS) is 12.9. The molecule has 1 aromatic heterocycles. The highest BCUT2D eigenvalue weighted by molar-refractivity contribution is 8.00. The highest BCUT2D eigenvalue weighted by Crippen LogP contribution is 2.26. The summed E-state index contributed by atoms with van der Waals surface area (Å²) < 4.78 is 24.8. The fourth-order valence-electron chi connectivity index (χ4n) is 2.53. The van der Waals surface area contributed by atoms with Crippen molar-refractivity contribution in [1.82, 2.24) is 9.97 Å². The molecule has 3 rings (SSSR count). The first-order chi connectivity index (χ1) is 12.2.